The minimum Gasteiger partial charge on any atom is -0.463 e. The first-order chi connectivity index (χ1) is 14.2. The molecule has 3 rings (SSSR count). The Kier molecular flexibility index (Phi) is 7.01. The van der Waals surface area contributed by atoms with E-state index in [1.165, 1.54) is 11.6 Å². The van der Waals surface area contributed by atoms with Crippen molar-refractivity contribution in [2.24, 2.45) is 5.16 Å². The fourth-order valence-corrected chi connectivity index (χ4v) is 3.77. The van der Waals surface area contributed by atoms with E-state index in [1.54, 1.807) is 14.0 Å². The maximum absolute atomic E-state index is 11.9. The van der Waals surface area contributed by atoms with Crippen LogP contribution in [0.3, 0.4) is 0 Å². The van der Waals surface area contributed by atoms with Gasteiger partial charge in [0.2, 0.25) is 0 Å². The molecule has 4 heteroatoms. The molecule has 0 amide bonds. The Labute approximate surface area is 172 Å². The van der Waals surface area contributed by atoms with Crippen molar-refractivity contribution in [2.45, 2.75) is 33.1 Å². The number of nitrogens with zero attached hydrogens (tertiary/aromatic N) is 1. The van der Waals surface area contributed by atoms with Crippen molar-refractivity contribution in [3.05, 3.63) is 71.3 Å². The maximum Gasteiger partial charge on any atom is 0.330 e. The van der Waals surface area contributed by atoms with Gasteiger partial charge in [-0.3, -0.25) is 0 Å². The number of allylic oxidation sites excluding steroid dienone is 2. The molecule has 1 aliphatic rings. The van der Waals surface area contributed by atoms with Crippen molar-refractivity contribution < 1.29 is 14.4 Å². The van der Waals surface area contributed by atoms with Crippen LogP contribution in [0.15, 0.2) is 65.3 Å². The molecule has 4 nitrogen and oxygen atoms in total. The highest BCUT2D eigenvalue weighted by Crippen LogP contribution is 2.39. The molecular formula is C25H27NO3. The first-order valence-electron chi connectivity index (χ1n) is 9.99. The Bertz CT molecular complexity index is 955. The van der Waals surface area contributed by atoms with Crippen LogP contribution >= 0.6 is 0 Å². The van der Waals surface area contributed by atoms with E-state index in [0.717, 1.165) is 52.8 Å². The highest BCUT2D eigenvalue weighted by Gasteiger charge is 2.23. The minimum absolute atomic E-state index is 0.344. The molecule has 2 aromatic carbocycles. The van der Waals surface area contributed by atoms with Crippen LogP contribution in [0.4, 0.5) is 0 Å². The molecular weight excluding hydrogens is 362 g/mol. The van der Waals surface area contributed by atoms with Crippen LogP contribution < -0.4 is 0 Å². The van der Waals surface area contributed by atoms with Crippen molar-refractivity contribution in [3.8, 4) is 11.1 Å². The summed E-state index contributed by atoms with van der Waals surface area (Å²) in [5.74, 6) is -0.344. The Balaban J connectivity index is 2.24. The lowest BCUT2D eigenvalue weighted by atomic mass is 9.81. The Hall–Kier alpha value is -3.14. The highest BCUT2D eigenvalue weighted by molar-refractivity contribution is 6.27. The quantitative estimate of drug-likeness (QED) is 0.352. The van der Waals surface area contributed by atoms with E-state index in [9.17, 15) is 4.79 Å². The largest absolute Gasteiger partial charge is 0.463 e. The Morgan fingerprint density at radius 2 is 1.90 bits per heavy atom. The molecule has 0 bridgehead atoms. The molecule has 0 unspecified atom stereocenters. The zero-order valence-corrected chi connectivity index (χ0v) is 17.3. The van der Waals surface area contributed by atoms with Gasteiger partial charge in [0.05, 0.1) is 12.3 Å². The number of oxime groups is 1. The zero-order chi connectivity index (χ0) is 20.6. The molecule has 0 aromatic heterocycles. The van der Waals surface area contributed by atoms with Gasteiger partial charge in [-0.15, -0.1) is 0 Å². The summed E-state index contributed by atoms with van der Waals surface area (Å²) in [5.41, 5.74) is 7.60. The molecule has 0 heterocycles. The second kappa shape index (κ2) is 9.87. The van der Waals surface area contributed by atoms with E-state index < -0.39 is 0 Å². The smallest absolute Gasteiger partial charge is 0.330 e. The van der Waals surface area contributed by atoms with Crippen molar-refractivity contribution >= 4 is 23.3 Å². The predicted octanol–water partition coefficient (Wildman–Crippen LogP) is 5.89. The van der Waals surface area contributed by atoms with Gasteiger partial charge < -0.3 is 9.57 Å². The summed E-state index contributed by atoms with van der Waals surface area (Å²) < 4.78 is 5.06. The number of hydrogen-bond acceptors (Lipinski definition) is 4. The monoisotopic (exact) mass is 389 g/mol. The minimum atomic E-state index is -0.344. The first-order valence-corrected chi connectivity index (χ1v) is 9.99. The predicted molar refractivity (Wildman–Crippen MR) is 118 cm³/mol. The normalized spacial score (nSPS) is 15.8. The average Bonchev–Trinajstić information content (AvgIpc) is 2.73. The molecule has 1 aliphatic carbocycles. The molecule has 0 saturated carbocycles. The lowest BCUT2D eigenvalue weighted by molar-refractivity contribution is -0.137. The number of carbonyl (C=O) groups is 1. The van der Waals surface area contributed by atoms with Gasteiger partial charge in [0.25, 0.3) is 0 Å². The van der Waals surface area contributed by atoms with Crippen molar-refractivity contribution in [1.29, 1.82) is 0 Å². The lowest BCUT2D eigenvalue weighted by Gasteiger charge is -2.24. The molecule has 2 aromatic rings. The number of ether oxygens (including phenoxy) is 1. The third-order valence-corrected chi connectivity index (χ3v) is 5.00. The number of rotatable bonds is 6. The Morgan fingerprint density at radius 1 is 1.10 bits per heavy atom. The van der Waals surface area contributed by atoms with Crippen LogP contribution in [-0.2, 0) is 14.4 Å². The fraction of sp³-hybridized carbons (Fsp3) is 0.280. The number of hydrogen-bond donors (Lipinski definition) is 0. The summed E-state index contributed by atoms with van der Waals surface area (Å²) in [5, 5.41) is 4.34. The SMILES string of the molecule is CCOC(=O)/C=C/c1cccc(-c2ccccc2)c1C1=C(C)CCC/C1=N\OC. The van der Waals surface area contributed by atoms with Gasteiger partial charge in [0, 0.05) is 11.6 Å². The van der Waals surface area contributed by atoms with Gasteiger partial charge in [0.1, 0.15) is 7.11 Å². The van der Waals surface area contributed by atoms with Crippen molar-refractivity contribution in [2.75, 3.05) is 13.7 Å². The highest BCUT2D eigenvalue weighted by atomic mass is 16.6. The van der Waals surface area contributed by atoms with Crippen LogP contribution in [0.1, 0.15) is 44.2 Å². The van der Waals surface area contributed by atoms with Gasteiger partial charge in [0.15, 0.2) is 0 Å². The van der Waals surface area contributed by atoms with E-state index >= 15 is 0 Å². The Morgan fingerprint density at radius 3 is 2.62 bits per heavy atom. The first kappa shape index (κ1) is 20.6. The molecule has 29 heavy (non-hydrogen) atoms. The van der Waals surface area contributed by atoms with Crippen LogP contribution in [0.5, 0.6) is 0 Å². The maximum atomic E-state index is 11.9. The van der Waals surface area contributed by atoms with E-state index in [1.807, 2.05) is 36.4 Å². The third-order valence-electron chi connectivity index (χ3n) is 5.00. The van der Waals surface area contributed by atoms with E-state index in [4.69, 9.17) is 9.57 Å². The van der Waals surface area contributed by atoms with Gasteiger partial charge >= 0.3 is 5.97 Å². The molecule has 0 saturated heterocycles. The summed E-state index contributed by atoms with van der Waals surface area (Å²) in [6, 6.07) is 16.4. The van der Waals surface area contributed by atoms with E-state index in [-0.39, 0.29) is 5.97 Å². The molecule has 0 N–H and O–H groups in total. The van der Waals surface area contributed by atoms with E-state index in [0.29, 0.717) is 6.61 Å². The second-order valence-corrected chi connectivity index (χ2v) is 6.95. The molecule has 0 aliphatic heterocycles. The number of benzene rings is 2. The van der Waals surface area contributed by atoms with Gasteiger partial charge in [-0.2, -0.15) is 0 Å². The van der Waals surface area contributed by atoms with Crippen LogP contribution in [-0.4, -0.2) is 25.4 Å². The van der Waals surface area contributed by atoms with Crippen molar-refractivity contribution in [1.82, 2.24) is 0 Å². The molecule has 0 spiro atoms. The van der Waals surface area contributed by atoms with Crippen LogP contribution in [0, 0.1) is 0 Å². The van der Waals surface area contributed by atoms with Crippen LogP contribution in [0.25, 0.3) is 22.8 Å². The van der Waals surface area contributed by atoms with Crippen molar-refractivity contribution in [3.63, 3.8) is 0 Å². The van der Waals surface area contributed by atoms with Gasteiger partial charge in [-0.25, -0.2) is 4.79 Å². The summed E-state index contributed by atoms with van der Waals surface area (Å²) in [4.78, 5) is 17.1. The zero-order valence-electron chi connectivity index (χ0n) is 17.3. The standard InChI is InChI=1S/C25H27NO3/c1-4-29-23(27)17-16-20-13-9-14-21(19-11-6-5-7-12-19)25(20)24-18(2)10-8-15-22(24)26-28-3/h5-7,9,11-14,16-17H,4,8,10,15H2,1-3H3/b17-16+,26-22+. The lowest BCUT2D eigenvalue weighted by Crippen LogP contribution is -2.12. The van der Waals surface area contributed by atoms with E-state index in [2.05, 4.69) is 30.3 Å². The van der Waals surface area contributed by atoms with Crippen LogP contribution in [0.2, 0.25) is 0 Å². The summed E-state index contributed by atoms with van der Waals surface area (Å²) in [7, 11) is 1.58. The summed E-state index contributed by atoms with van der Waals surface area (Å²) in [6.45, 7) is 4.31. The fourth-order valence-electron chi connectivity index (χ4n) is 3.77. The topological polar surface area (TPSA) is 47.9 Å². The third kappa shape index (κ3) is 4.83. The average molecular weight is 389 g/mol. The molecule has 0 radical (unpaired) electrons. The van der Waals surface area contributed by atoms with Gasteiger partial charge in [-0.1, -0.05) is 59.3 Å². The molecule has 0 fully saturated rings. The molecule has 0 atom stereocenters. The summed E-state index contributed by atoms with van der Waals surface area (Å²) >= 11 is 0. The summed E-state index contributed by atoms with van der Waals surface area (Å²) in [6.07, 6.45) is 6.26. The number of esters is 1. The second-order valence-electron chi connectivity index (χ2n) is 6.95. The number of carbonyl (C=O) groups excluding carboxylic acids is 1. The van der Waals surface area contributed by atoms with Gasteiger partial charge in [-0.05, 0) is 61.4 Å². The molecule has 150 valence electrons.